The molecule has 3 aromatic carbocycles. The molecule has 0 bridgehead atoms. The average Bonchev–Trinajstić information content (AvgIpc) is 3.30. The molecule has 5 aromatic rings. The van der Waals surface area contributed by atoms with Gasteiger partial charge in [-0.1, -0.05) is 24.3 Å². The smallest absolute Gasteiger partial charge is 0.340 e. The third-order valence-corrected chi connectivity index (χ3v) is 7.05. The lowest BCUT2D eigenvalue weighted by Crippen LogP contribution is -2.42. The van der Waals surface area contributed by atoms with Gasteiger partial charge in [0.25, 0.3) is 0 Å². The average molecular weight is 571 g/mol. The number of anilines is 3. The Morgan fingerprint density at radius 3 is 2.07 bits per heavy atom. The van der Waals surface area contributed by atoms with E-state index in [0.717, 1.165) is 50.5 Å². The number of pyridine rings is 2. The molecule has 0 aliphatic carbocycles. The molecule has 212 valence electrons. The Labute approximate surface area is 239 Å². The summed E-state index contributed by atoms with van der Waals surface area (Å²) in [6.45, 7) is 4.25. The lowest BCUT2D eigenvalue weighted by atomic mass is 10.1. The number of aromatic nitrogens is 2. The van der Waals surface area contributed by atoms with Crippen molar-refractivity contribution in [3.63, 3.8) is 0 Å². The quantitative estimate of drug-likeness (QED) is 0.213. The zero-order valence-corrected chi connectivity index (χ0v) is 22.7. The number of hydroxylamine groups is 2. The van der Waals surface area contributed by atoms with Crippen LogP contribution in [-0.2, 0) is 16.0 Å². The summed E-state index contributed by atoms with van der Waals surface area (Å²) in [4.78, 5) is 22.9. The Bertz CT molecular complexity index is 1740. The minimum absolute atomic E-state index is 0.00923. The van der Waals surface area contributed by atoms with E-state index in [1.165, 1.54) is 6.07 Å². The first-order valence-corrected chi connectivity index (χ1v) is 13.2. The molecule has 0 amide bonds. The van der Waals surface area contributed by atoms with Crippen molar-refractivity contribution >= 4 is 38.9 Å². The van der Waals surface area contributed by atoms with E-state index in [1.807, 2.05) is 60.7 Å². The molecule has 1 fully saturated rings. The van der Waals surface area contributed by atoms with Gasteiger partial charge in [0.1, 0.15) is 0 Å². The van der Waals surface area contributed by atoms with Gasteiger partial charge in [0.2, 0.25) is 0 Å². The van der Waals surface area contributed by atoms with Gasteiger partial charge in [-0.25, -0.2) is 4.84 Å². The summed E-state index contributed by atoms with van der Waals surface area (Å²) in [7, 11) is 0. The van der Waals surface area contributed by atoms with Crippen molar-refractivity contribution in [1.29, 1.82) is 5.26 Å². The highest BCUT2D eigenvalue weighted by molar-refractivity contribution is 5.86. The van der Waals surface area contributed by atoms with E-state index in [0.29, 0.717) is 13.1 Å². The molecule has 6 rings (SSSR count). The van der Waals surface area contributed by atoms with Crippen LogP contribution in [0.15, 0.2) is 91.3 Å². The minimum Gasteiger partial charge on any atom is -0.340 e. The number of benzene rings is 3. The lowest BCUT2D eigenvalue weighted by molar-refractivity contribution is -0.165. The number of hydrogen-bond acceptors (Lipinski definition) is 8. The van der Waals surface area contributed by atoms with Crippen LogP contribution in [0.5, 0.6) is 0 Å². The fraction of sp³-hybridized carbons (Fsp3) is 0.194. The molecular formula is C31H25F3N6O2. The van der Waals surface area contributed by atoms with Gasteiger partial charge in [-0.2, -0.15) is 23.4 Å². The summed E-state index contributed by atoms with van der Waals surface area (Å²) in [6.07, 6.45) is -1.22. The number of halogens is 3. The van der Waals surface area contributed by atoms with Crippen LogP contribution >= 0.6 is 0 Å². The first-order valence-electron chi connectivity index (χ1n) is 13.2. The third-order valence-electron chi connectivity index (χ3n) is 7.05. The zero-order chi connectivity index (χ0) is 29.5. The maximum absolute atomic E-state index is 13.6. The van der Waals surface area contributed by atoms with Gasteiger partial charge in [0.05, 0.1) is 33.9 Å². The summed E-state index contributed by atoms with van der Waals surface area (Å²) < 4.78 is 40.7. The van der Waals surface area contributed by atoms with Crippen LogP contribution in [0.1, 0.15) is 25.0 Å². The molecule has 1 saturated heterocycles. The lowest BCUT2D eigenvalue weighted by Gasteiger charge is -2.30. The molecule has 2 aromatic heterocycles. The van der Waals surface area contributed by atoms with E-state index in [1.54, 1.807) is 37.4 Å². The highest BCUT2D eigenvalue weighted by atomic mass is 19.4. The number of rotatable bonds is 6. The largest absolute Gasteiger partial charge is 0.417 e. The van der Waals surface area contributed by atoms with Crippen molar-refractivity contribution < 1.29 is 22.9 Å². The van der Waals surface area contributed by atoms with Gasteiger partial charge in [-0.3, -0.25) is 9.97 Å². The number of alkyl halides is 3. The van der Waals surface area contributed by atoms with Crippen molar-refractivity contribution in [3.8, 4) is 6.07 Å². The van der Waals surface area contributed by atoms with E-state index in [-0.39, 0.29) is 5.69 Å². The number of nitriles is 1. The van der Waals surface area contributed by atoms with Gasteiger partial charge in [-0.05, 0) is 68.4 Å². The summed E-state index contributed by atoms with van der Waals surface area (Å²) in [5, 5.41) is 13.7. The Balaban J connectivity index is 1.30. The van der Waals surface area contributed by atoms with Gasteiger partial charge in [0.15, 0.2) is 5.72 Å². The third kappa shape index (κ3) is 5.31. The maximum Gasteiger partial charge on any atom is 0.417 e. The van der Waals surface area contributed by atoms with E-state index in [9.17, 15) is 13.2 Å². The van der Waals surface area contributed by atoms with Crippen LogP contribution in [0.25, 0.3) is 21.8 Å². The van der Waals surface area contributed by atoms with Crippen molar-refractivity contribution in [1.82, 2.24) is 15.0 Å². The summed E-state index contributed by atoms with van der Waals surface area (Å²) in [5.41, 5.74) is 0.920. The second-order valence-electron chi connectivity index (χ2n) is 10.2. The first kappa shape index (κ1) is 27.4. The molecule has 0 unspecified atom stereocenters. The molecule has 0 radical (unpaired) electrons. The van der Waals surface area contributed by atoms with E-state index < -0.39 is 23.0 Å². The van der Waals surface area contributed by atoms with Crippen molar-refractivity contribution in [2.24, 2.45) is 0 Å². The van der Waals surface area contributed by atoms with Crippen molar-refractivity contribution in [3.05, 3.63) is 102 Å². The zero-order valence-electron chi connectivity index (χ0n) is 22.7. The van der Waals surface area contributed by atoms with Crippen LogP contribution in [0.4, 0.5) is 30.2 Å². The van der Waals surface area contributed by atoms with Crippen LogP contribution in [0.2, 0.25) is 0 Å². The summed E-state index contributed by atoms with van der Waals surface area (Å²) in [5.74, 6) is 0. The Morgan fingerprint density at radius 1 is 0.881 bits per heavy atom. The predicted molar refractivity (Wildman–Crippen MR) is 152 cm³/mol. The van der Waals surface area contributed by atoms with Crippen LogP contribution in [0.3, 0.4) is 0 Å². The van der Waals surface area contributed by atoms with E-state index in [4.69, 9.17) is 15.0 Å². The molecular weight excluding hydrogens is 545 g/mol. The van der Waals surface area contributed by atoms with E-state index >= 15 is 0 Å². The predicted octanol–water partition coefficient (Wildman–Crippen LogP) is 7.15. The fourth-order valence-electron chi connectivity index (χ4n) is 4.88. The maximum atomic E-state index is 13.6. The topological polar surface area (TPSA) is 77.8 Å². The summed E-state index contributed by atoms with van der Waals surface area (Å²) >= 11 is 0. The van der Waals surface area contributed by atoms with Crippen molar-refractivity contribution in [2.45, 2.75) is 25.7 Å². The minimum atomic E-state index is -4.71. The number of hydrogen-bond donors (Lipinski definition) is 0. The highest BCUT2D eigenvalue weighted by Gasteiger charge is 2.42. The standard InChI is InChI=1S/C31H25F3N6O2/c1-30(2)39(42-40(41-30)26-12-9-23(20-35)27(17-26)31(32,33)34)16-15-38(24-10-7-21-5-3-13-36-28(21)18-24)25-11-8-22-6-4-14-37-29(22)19-25/h3-14,17-19H,15-16H2,1-2H3. The second-order valence-corrected chi connectivity index (χ2v) is 10.2. The van der Waals surface area contributed by atoms with Gasteiger partial charge < -0.3 is 4.90 Å². The molecule has 42 heavy (non-hydrogen) atoms. The Kier molecular flexibility index (Phi) is 6.90. The van der Waals surface area contributed by atoms with Crippen LogP contribution < -0.4 is 10.1 Å². The monoisotopic (exact) mass is 570 g/mol. The molecule has 3 heterocycles. The molecule has 0 atom stereocenters. The highest BCUT2D eigenvalue weighted by Crippen LogP contribution is 2.38. The van der Waals surface area contributed by atoms with Gasteiger partial charge in [-0.15, -0.1) is 10.3 Å². The van der Waals surface area contributed by atoms with Crippen LogP contribution in [-0.4, -0.2) is 33.8 Å². The fourth-order valence-corrected chi connectivity index (χ4v) is 4.88. The number of fused-ring (bicyclic) bond motifs is 2. The first-order chi connectivity index (χ1) is 20.1. The summed E-state index contributed by atoms with van der Waals surface area (Å²) in [6, 6.07) is 24.7. The molecule has 0 saturated carbocycles. The van der Waals surface area contributed by atoms with E-state index in [2.05, 4.69) is 14.9 Å². The second kappa shape index (κ2) is 10.6. The molecule has 1 aliphatic heterocycles. The molecule has 0 N–H and O–H groups in total. The normalized spacial score (nSPS) is 15.3. The number of nitrogens with zero attached hydrogens (tertiary/aromatic N) is 6. The van der Waals surface area contributed by atoms with Gasteiger partial charge >= 0.3 is 6.18 Å². The van der Waals surface area contributed by atoms with Gasteiger partial charge in [0, 0.05) is 47.6 Å². The Hall–Kier alpha value is -4.76. The molecule has 0 spiro atoms. The van der Waals surface area contributed by atoms with Crippen LogP contribution in [0, 0.1) is 11.3 Å². The SMILES string of the molecule is CC1(C)ON(c2ccc(C#N)c(C(F)(F)F)c2)ON1CCN(c1ccc2cccnc2c1)c1ccc2cccnc2c1. The Morgan fingerprint density at radius 2 is 1.50 bits per heavy atom. The molecule has 8 nitrogen and oxygen atoms in total. The molecule has 11 heteroatoms. The molecule has 1 aliphatic rings. The van der Waals surface area contributed by atoms with Crippen molar-refractivity contribution in [2.75, 3.05) is 23.2 Å².